The maximum atomic E-state index is 13.1. The number of aliphatic hydroxyl groups excluding tert-OH is 1. The van der Waals surface area contributed by atoms with E-state index in [2.05, 4.69) is 4.74 Å². The van der Waals surface area contributed by atoms with Crippen LogP contribution in [0, 0.1) is 0 Å². The van der Waals surface area contributed by atoms with Gasteiger partial charge in [0.15, 0.2) is 5.67 Å². The van der Waals surface area contributed by atoms with Gasteiger partial charge in [-0.15, -0.1) is 0 Å². The summed E-state index contributed by atoms with van der Waals surface area (Å²) < 4.78 is 17.5. The van der Waals surface area contributed by atoms with E-state index in [1.165, 1.54) is 0 Å². The molecular weight excluding hydrogens is 167 g/mol. The number of hydrogen-bond acceptors (Lipinski definition) is 4. The van der Waals surface area contributed by atoms with Gasteiger partial charge in [0.2, 0.25) is 5.60 Å². The fraction of sp³-hybridized carbons (Fsp3) is 0.857. The molecule has 4 nitrogen and oxygen atoms in total. The second-order valence-corrected chi connectivity index (χ2v) is 2.88. The van der Waals surface area contributed by atoms with E-state index in [1.807, 2.05) is 0 Å². The van der Waals surface area contributed by atoms with Crippen molar-refractivity contribution in [2.75, 3.05) is 13.2 Å². The first kappa shape index (κ1) is 9.41. The number of rotatable bonds is 3. The molecule has 0 aromatic heterocycles. The number of hydrogen-bond donors (Lipinski definition) is 2. The Morgan fingerprint density at radius 2 is 2.33 bits per heavy atom. The van der Waals surface area contributed by atoms with Crippen LogP contribution in [0.5, 0.6) is 0 Å². The van der Waals surface area contributed by atoms with Gasteiger partial charge in [0.1, 0.15) is 0 Å². The highest BCUT2D eigenvalue weighted by Crippen LogP contribution is 2.51. The van der Waals surface area contributed by atoms with Crippen molar-refractivity contribution in [3.63, 3.8) is 0 Å². The van der Waals surface area contributed by atoms with Gasteiger partial charge in [-0.25, -0.2) is 9.18 Å². The fourth-order valence-electron chi connectivity index (χ4n) is 1.05. The Bertz CT molecular complexity index is 208. The van der Waals surface area contributed by atoms with E-state index in [-0.39, 0.29) is 13.0 Å². The first-order valence-corrected chi connectivity index (χ1v) is 3.69. The minimum absolute atomic E-state index is 0.0860. The standard InChI is InChI=1S/C7H11FO4/c1-2-12-5(10)7(11)3-6(7,8)4-9/h9,11H,2-4H2,1H3/t6-,7+/m0/s1. The third kappa shape index (κ3) is 1.09. The molecule has 5 heteroatoms. The van der Waals surface area contributed by atoms with Crippen LogP contribution in [0.4, 0.5) is 4.39 Å². The first-order chi connectivity index (χ1) is 5.50. The highest BCUT2D eigenvalue weighted by Gasteiger charge is 2.74. The van der Waals surface area contributed by atoms with E-state index in [1.54, 1.807) is 6.92 Å². The van der Waals surface area contributed by atoms with E-state index in [9.17, 15) is 14.3 Å². The van der Waals surface area contributed by atoms with Crippen molar-refractivity contribution in [3.8, 4) is 0 Å². The average Bonchev–Trinajstić information content (AvgIpc) is 2.58. The van der Waals surface area contributed by atoms with Gasteiger partial charge in [-0.3, -0.25) is 0 Å². The third-order valence-electron chi connectivity index (χ3n) is 2.02. The van der Waals surface area contributed by atoms with Crippen LogP contribution >= 0.6 is 0 Å². The van der Waals surface area contributed by atoms with Gasteiger partial charge in [-0.1, -0.05) is 0 Å². The summed E-state index contributed by atoms with van der Waals surface area (Å²) in [6.45, 7) is 0.785. The van der Waals surface area contributed by atoms with Crippen molar-refractivity contribution in [1.82, 2.24) is 0 Å². The largest absolute Gasteiger partial charge is 0.464 e. The molecule has 0 aliphatic heterocycles. The maximum absolute atomic E-state index is 13.1. The average molecular weight is 178 g/mol. The summed E-state index contributed by atoms with van der Waals surface area (Å²) in [5, 5.41) is 17.7. The Hall–Kier alpha value is -0.680. The topological polar surface area (TPSA) is 66.8 Å². The predicted molar refractivity (Wildman–Crippen MR) is 37.1 cm³/mol. The fourth-order valence-corrected chi connectivity index (χ4v) is 1.05. The smallest absolute Gasteiger partial charge is 0.341 e. The number of esters is 1. The van der Waals surface area contributed by atoms with Crippen LogP contribution in [0.1, 0.15) is 13.3 Å². The molecule has 0 aromatic rings. The molecule has 0 unspecified atom stereocenters. The Kier molecular flexibility index (Phi) is 2.09. The molecule has 0 radical (unpaired) electrons. The summed E-state index contributed by atoms with van der Waals surface area (Å²) in [7, 11) is 0. The van der Waals surface area contributed by atoms with E-state index in [0.717, 1.165) is 0 Å². The Labute approximate surface area is 69.0 Å². The van der Waals surface area contributed by atoms with Gasteiger partial charge in [-0.2, -0.15) is 0 Å². The number of alkyl halides is 1. The van der Waals surface area contributed by atoms with E-state index in [0.29, 0.717) is 0 Å². The van der Waals surface area contributed by atoms with Crippen molar-refractivity contribution >= 4 is 5.97 Å². The summed E-state index contributed by atoms with van der Waals surface area (Å²) in [6.07, 6.45) is -0.380. The van der Waals surface area contributed by atoms with Gasteiger partial charge in [0, 0.05) is 6.42 Å². The van der Waals surface area contributed by atoms with Crippen molar-refractivity contribution in [3.05, 3.63) is 0 Å². The predicted octanol–water partition coefficient (Wildman–Crippen LogP) is -0.615. The molecule has 2 atom stereocenters. The summed E-state index contributed by atoms with van der Waals surface area (Å²) in [6, 6.07) is 0. The summed E-state index contributed by atoms with van der Waals surface area (Å²) in [5.41, 5.74) is -4.31. The summed E-state index contributed by atoms with van der Waals surface area (Å²) >= 11 is 0. The highest BCUT2D eigenvalue weighted by atomic mass is 19.1. The van der Waals surface area contributed by atoms with Crippen LogP contribution in [0.25, 0.3) is 0 Å². The first-order valence-electron chi connectivity index (χ1n) is 3.69. The Balaban J connectivity index is 2.60. The zero-order valence-electron chi connectivity index (χ0n) is 6.71. The molecule has 0 spiro atoms. The van der Waals surface area contributed by atoms with Crippen LogP contribution in [0.2, 0.25) is 0 Å². The van der Waals surface area contributed by atoms with Crippen LogP contribution in [-0.2, 0) is 9.53 Å². The lowest BCUT2D eigenvalue weighted by molar-refractivity contribution is -0.159. The van der Waals surface area contributed by atoms with Crippen LogP contribution < -0.4 is 0 Å². The van der Waals surface area contributed by atoms with Crippen molar-refractivity contribution in [2.45, 2.75) is 24.6 Å². The molecule has 1 saturated carbocycles. The SMILES string of the molecule is CCOC(=O)[C@]1(O)C[C@]1(F)CO. The molecular formula is C7H11FO4. The number of carbonyl (C=O) groups excluding carboxylic acids is 1. The molecule has 0 heterocycles. The lowest BCUT2D eigenvalue weighted by Crippen LogP contribution is -2.35. The Morgan fingerprint density at radius 1 is 1.75 bits per heavy atom. The van der Waals surface area contributed by atoms with Gasteiger partial charge >= 0.3 is 5.97 Å². The molecule has 2 N–H and O–H groups in total. The second-order valence-electron chi connectivity index (χ2n) is 2.88. The molecule has 12 heavy (non-hydrogen) atoms. The minimum Gasteiger partial charge on any atom is -0.464 e. The van der Waals surface area contributed by atoms with Gasteiger partial charge in [0.25, 0.3) is 0 Å². The molecule has 0 amide bonds. The molecule has 1 aliphatic rings. The molecule has 0 aromatic carbocycles. The molecule has 70 valence electrons. The van der Waals surface area contributed by atoms with Crippen molar-refractivity contribution < 1.29 is 24.1 Å². The second kappa shape index (κ2) is 2.67. The number of carbonyl (C=O) groups is 1. The highest BCUT2D eigenvalue weighted by molar-refractivity contribution is 5.85. The molecule has 1 aliphatic carbocycles. The summed E-state index contributed by atoms with van der Waals surface area (Å²) in [5.74, 6) is -0.999. The van der Waals surface area contributed by atoms with E-state index >= 15 is 0 Å². The Morgan fingerprint density at radius 3 is 2.67 bits per heavy atom. The molecule has 0 saturated heterocycles. The maximum Gasteiger partial charge on any atom is 0.341 e. The monoisotopic (exact) mass is 178 g/mol. The lowest BCUT2D eigenvalue weighted by Gasteiger charge is -2.10. The lowest BCUT2D eigenvalue weighted by atomic mass is 10.2. The quantitative estimate of drug-likeness (QED) is 0.565. The van der Waals surface area contributed by atoms with Crippen LogP contribution in [-0.4, -0.2) is 40.7 Å². The van der Waals surface area contributed by atoms with Crippen LogP contribution in [0.3, 0.4) is 0 Å². The van der Waals surface area contributed by atoms with Crippen molar-refractivity contribution in [2.24, 2.45) is 0 Å². The van der Waals surface area contributed by atoms with E-state index in [4.69, 9.17) is 5.11 Å². The number of aliphatic hydroxyl groups is 2. The van der Waals surface area contributed by atoms with Crippen LogP contribution in [0.15, 0.2) is 0 Å². The zero-order chi connectivity index (χ0) is 9.41. The van der Waals surface area contributed by atoms with Gasteiger partial charge in [-0.05, 0) is 6.92 Å². The molecule has 0 bridgehead atoms. The van der Waals surface area contributed by atoms with Crippen molar-refractivity contribution in [1.29, 1.82) is 0 Å². The molecule has 1 rings (SSSR count). The summed E-state index contributed by atoms with van der Waals surface area (Å²) in [4.78, 5) is 10.9. The van der Waals surface area contributed by atoms with Gasteiger partial charge < -0.3 is 14.9 Å². The third-order valence-corrected chi connectivity index (χ3v) is 2.02. The minimum atomic E-state index is -2.20. The van der Waals surface area contributed by atoms with Gasteiger partial charge in [0.05, 0.1) is 13.2 Å². The van der Waals surface area contributed by atoms with E-state index < -0.39 is 23.8 Å². The zero-order valence-corrected chi connectivity index (χ0v) is 6.71. The molecule has 1 fully saturated rings. The normalized spacial score (nSPS) is 39.3. The number of halogens is 1. The number of ether oxygens (including phenoxy) is 1.